The maximum Gasteiger partial charge on any atom is 0.358 e. The molecule has 1 N–H and O–H groups in total. The number of esters is 1. The predicted molar refractivity (Wildman–Crippen MR) is 75.8 cm³/mol. The third kappa shape index (κ3) is 3.16. The molecule has 5 nitrogen and oxygen atoms in total. The van der Waals surface area contributed by atoms with Gasteiger partial charge in [-0.1, -0.05) is 0 Å². The van der Waals surface area contributed by atoms with E-state index in [-0.39, 0.29) is 5.69 Å². The van der Waals surface area contributed by atoms with Crippen LogP contribution in [0.1, 0.15) is 10.5 Å². The molecule has 1 aromatic heterocycles. The van der Waals surface area contributed by atoms with E-state index in [1.54, 1.807) is 6.20 Å². The minimum atomic E-state index is -0.506. The number of halogens is 1. The number of benzene rings is 1. The van der Waals surface area contributed by atoms with Crippen molar-refractivity contribution >= 4 is 40.1 Å². The third-order valence-corrected chi connectivity index (χ3v) is 2.86. The van der Waals surface area contributed by atoms with Gasteiger partial charge in [-0.05, 0) is 46.9 Å². The fourth-order valence-corrected chi connectivity index (χ4v) is 1.67. The van der Waals surface area contributed by atoms with E-state index in [2.05, 4.69) is 42.6 Å². The molecule has 0 saturated heterocycles. The zero-order valence-corrected chi connectivity index (χ0v) is 11.7. The zero-order chi connectivity index (χ0) is 13.0. The highest BCUT2D eigenvalue weighted by Gasteiger charge is 2.08. The van der Waals surface area contributed by atoms with Crippen LogP contribution in [0.3, 0.4) is 0 Å². The van der Waals surface area contributed by atoms with Crippen LogP contribution in [0.5, 0.6) is 0 Å². The Morgan fingerprint density at radius 3 is 2.67 bits per heavy atom. The van der Waals surface area contributed by atoms with E-state index in [9.17, 15) is 4.79 Å². The summed E-state index contributed by atoms with van der Waals surface area (Å²) in [4.78, 5) is 19.4. The molecule has 18 heavy (non-hydrogen) atoms. The van der Waals surface area contributed by atoms with Crippen LogP contribution in [0, 0.1) is 3.57 Å². The highest BCUT2D eigenvalue weighted by Crippen LogP contribution is 2.15. The quantitative estimate of drug-likeness (QED) is 0.677. The Kier molecular flexibility index (Phi) is 4.08. The number of nitrogens with one attached hydrogen (secondary N) is 1. The number of anilines is 2. The van der Waals surface area contributed by atoms with Crippen molar-refractivity contribution in [2.75, 3.05) is 12.4 Å². The summed E-state index contributed by atoms with van der Waals surface area (Å²) in [5, 5.41) is 3.07. The molecular weight excluding hydrogens is 345 g/mol. The second-order valence-corrected chi connectivity index (χ2v) is 4.66. The van der Waals surface area contributed by atoms with Gasteiger partial charge in [-0.25, -0.2) is 9.78 Å². The van der Waals surface area contributed by atoms with Gasteiger partial charge in [0.1, 0.15) is 5.82 Å². The van der Waals surface area contributed by atoms with Gasteiger partial charge >= 0.3 is 5.97 Å². The Morgan fingerprint density at radius 2 is 2.00 bits per heavy atom. The van der Waals surface area contributed by atoms with Crippen LogP contribution in [0.4, 0.5) is 11.5 Å². The van der Waals surface area contributed by atoms with E-state index in [4.69, 9.17) is 0 Å². The molecule has 0 aliphatic heterocycles. The molecule has 0 radical (unpaired) electrons. The van der Waals surface area contributed by atoms with E-state index in [1.165, 1.54) is 13.3 Å². The zero-order valence-electron chi connectivity index (χ0n) is 9.55. The van der Waals surface area contributed by atoms with Crippen molar-refractivity contribution in [3.05, 3.63) is 45.9 Å². The molecule has 92 valence electrons. The molecule has 0 aliphatic rings. The van der Waals surface area contributed by atoms with Crippen molar-refractivity contribution in [2.45, 2.75) is 0 Å². The van der Waals surface area contributed by atoms with Crippen molar-refractivity contribution < 1.29 is 9.53 Å². The molecule has 1 heterocycles. The normalized spacial score (nSPS) is 9.89. The first-order valence-electron chi connectivity index (χ1n) is 5.12. The number of hydrogen-bond acceptors (Lipinski definition) is 5. The molecule has 0 unspecified atom stereocenters. The van der Waals surface area contributed by atoms with Crippen molar-refractivity contribution in [2.24, 2.45) is 0 Å². The van der Waals surface area contributed by atoms with Gasteiger partial charge in [0, 0.05) is 9.26 Å². The molecular formula is C12H10IN3O2. The molecule has 6 heteroatoms. The number of hydrogen-bond donors (Lipinski definition) is 1. The van der Waals surface area contributed by atoms with Gasteiger partial charge in [0.15, 0.2) is 5.69 Å². The number of nitrogens with zero attached hydrogens (tertiary/aromatic N) is 2. The molecule has 0 amide bonds. The van der Waals surface area contributed by atoms with E-state index in [0.29, 0.717) is 5.82 Å². The summed E-state index contributed by atoms with van der Waals surface area (Å²) in [5.41, 5.74) is 1.06. The summed E-state index contributed by atoms with van der Waals surface area (Å²) >= 11 is 2.23. The Bertz CT molecular complexity index is 558. The second-order valence-electron chi connectivity index (χ2n) is 3.41. The minimum Gasteiger partial charge on any atom is -0.464 e. The fourth-order valence-electron chi connectivity index (χ4n) is 1.31. The standard InChI is InChI=1S/C12H10IN3O2/c1-18-12(17)10-6-14-7-11(16-10)15-9-4-2-8(13)3-5-9/h2-7H,1H3,(H,15,16). The summed E-state index contributed by atoms with van der Waals surface area (Å²) in [7, 11) is 1.31. The molecule has 0 spiro atoms. The van der Waals surface area contributed by atoms with Crippen LogP contribution in [0.25, 0.3) is 0 Å². The van der Waals surface area contributed by atoms with Gasteiger partial charge in [0.2, 0.25) is 0 Å². The van der Waals surface area contributed by atoms with Gasteiger partial charge in [0.05, 0.1) is 19.5 Å². The number of methoxy groups -OCH3 is 1. The molecule has 0 fully saturated rings. The van der Waals surface area contributed by atoms with E-state index in [1.807, 2.05) is 24.3 Å². The Labute approximate surface area is 118 Å². The van der Waals surface area contributed by atoms with E-state index >= 15 is 0 Å². The number of aromatic nitrogens is 2. The summed E-state index contributed by atoms with van der Waals surface area (Å²) < 4.78 is 5.73. The average molecular weight is 355 g/mol. The summed E-state index contributed by atoms with van der Waals surface area (Å²) in [6.07, 6.45) is 2.91. The van der Waals surface area contributed by atoms with Crippen LogP contribution in [-0.2, 0) is 4.74 Å². The highest BCUT2D eigenvalue weighted by molar-refractivity contribution is 14.1. The lowest BCUT2D eigenvalue weighted by Crippen LogP contribution is -2.06. The van der Waals surface area contributed by atoms with Gasteiger partial charge in [-0.3, -0.25) is 4.98 Å². The van der Waals surface area contributed by atoms with Crippen molar-refractivity contribution in [1.82, 2.24) is 9.97 Å². The van der Waals surface area contributed by atoms with Crippen LogP contribution in [-0.4, -0.2) is 23.0 Å². The number of rotatable bonds is 3. The topological polar surface area (TPSA) is 64.1 Å². The molecule has 2 rings (SSSR count). The first-order valence-corrected chi connectivity index (χ1v) is 6.20. The fraction of sp³-hybridized carbons (Fsp3) is 0.0833. The molecule has 1 aromatic carbocycles. The number of carbonyl (C=O) groups excluding carboxylic acids is 1. The molecule has 0 saturated carbocycles. The number of ether oxygens (including phenoxy) is 1. The maximum atomic E-state index is 11.3. The average Bonchev–Trinajstić information content (AvgIpc) is 2.41. The predicted octanol–water partition coefficient (Wildman–Crippen LogP) is 2.61. The van der Waals surface area contributed by atoms with Crippen LogP contribution >= 0.6 is 22.6 Å². The largest absolute Gasteiger partial charge is 0.464 e. The molecule has 2 aromatic rings. The first-order chi connectivity index (χ1) is 8.69. The second kappa shape index (κ2) is 5.76. The summed E-state index contributed by atoms with van der Waals surface area (Å²) in [5.74, 6) is -0.00660. The van der Waals surface area contributed by atoms with Crippen LogP contribution in [0.2, 0.25) is 0 Å². The summed E-state index contributed by atoms with van der Waals surface area (Å²) in [6, 6.07) is 7.80. The van der Waals surface area contributed by atoms with Crippen molar-refractivity contribution in [3.63, 3.8) is 0 Å². The van der Waals surface area contributed by atoms with Crippen LogP contribution in [0.15, 0.2) is 36.7 Å². The Morgan fingerprint density at radius 1 is 1.28 bits per heavy atom. The van der Waals surface area contributed by atoms with Crippen LogP contribution < -0.4 is 5.32 Å². The smallest absolute Gasteiger partial charge is 0.358 e. The number of carbonyl (C=O) groups is 1. The highest BCUT2D eigenvalue weighted by atomic mass is 127. The SMILES string of the molecule is COC(=O)c1cncc(Nc2ccc(I)cc2)n1. The van der Waals surface area contributed by atoms with E-state index in [0.717, 1.165) is 9.26 Å². The van der Waals surface area contributed by atoms with Gasteiger partial charge < -0.3 is 10.1 Å². The van der Waals surface area contributed by atoms with Gasteiger partial charge in [-0.15, -0.1) is 0 Å². The molecule has 0 aliphatic carbocycles. The first kappa shape index (κ1) is 12.7. The lowest BCUT2D eigenvalue weighted by Gasteiger charge is -2.06. The monoisotopic (exact) mass is 355 g/mol. The maximum absolute atomic E-state index is 11.3. The molecule has 0 bridgehead atoms. The molecule has 0 atom stereocenters. The lowest BCUT2D eigenvalue weighted by molar-refractivity contribution is 0.0593. The Balaban J connectivity index is 2.19. The van der Waals surface area contributed by atoms with Crippen molar-refractivity contribution in [1.29, 1.82) is 0 Å². The van der Waals surface area contributed by atoms with Gasteiger partial charge in [-0.2, -0.15) is 0 Å². The Hall–Kier alpha value is -1.70. The summed E-state index contributed by atoms with van der Waals surface area (Å²) in [6.45, 7) is 0. The third-order valence-electron chi connectivity index (χ3n) is 2.15. The lowest BCUT2D eigenvalue weighted by atomic mass is 10.3. The van der Waals surface area contributed by atoms with E-state index < -0.39 is 5.97 Å². The minimum absolute atomic E-state index is 0.174. The van der Waals surface area contributed by atoms with Gasteiger partial charge in [0.25, 0.3) is 0 Å². The van der Waals surface area contributed by atoms with Crippen molar-refractivity contribution in [3.8, 4) is 0 Å².